The van der Waals surface area contributed by atoms with E-state index < -0.39 is 0 Å². The van der Waals surface area contributed by atoms with Crippen molar-refractivity contribution >= 4 is 46.1 Å². The topological polar surface area (TPSA) is 136 Å². The summed E-state index contributed by atoms with van der Waals surface area (Å²) >= 11 is 1.26. The van der Waals surface area contributed by atoms with Crippen molar-refractivity contribution in [2.24, 2.45) is 23.2 Å². The van der Waals surface area contributed by atoms with Crippen LogP contribution in [0.5, 0.6) is 5.75 Å². The summed E-state index contributed by atoms with van der Waals surface area (Å²) in [6.45, 7) is 16.6. The molecule has 1 saturated carbocycles. The quantitative estimate of drug-likeness (QED) is 0.180. The highest BCUT2D eigenvalue weighted by Crippen LogP contribution is 2.42. The highest BCUT2D eigenvalue weighted by molar-refractivity contribution is 7.80. The van der Waals surface area contributed by atoms with E-state index >= 15 is 0 Å². The van der Waals surface area contributed by atoms with Gasteiger partial charge in [-0.2, -0.15) is 0 Å². The molecule has 1 saturated heterocycles. The summed E-state index contributed by atoms with van der Waals surface area (Å²) in [7, 11) is 0. The van der Waals surface area contributed by atoms with Crippen LogP contribution in [0.1, 0.15) is 92.1 Å². The van der Waals surface area contributed by atoms with Crippen LogP contribution in [-0.2, 0) is 32.6 Å². The molecule has 5 rings (SSSR count). The van der Waals surface area contributed by atoms with Gasteiger partial charge in [0, 0.05) is 67.0 Å². The number of carbonyl (C=O) groups is 3. The van der Waals surface area contributed by atoms with Gasteiger partial charge < -0.3 is 25.8 Å². The lowest BCUT2D eigenvalue weighted by atomic mass is 9.81. The molecule has 3 aliphatic rings. The lowest BCUT2D eigenvalue weighted by Crippen LogP contribution is -2.39. The molecule has 3 amide bonds. The summed E-state index contributed by atoms with van der Waals surface area (Å²) in [5, 5.41) is 16.8. The van der Waals surface area contributed by atoms with Crippen molar-refractivity contribution in [2.75, 3.05) is 31.1 Å². The van der Waals surface area contributed by atoms with Crippen LogP contribution in [0, 0.1) is 23.2 Å². The van der Waals surface area contributed by atoms with Crippen molar-refractivity contribution in [1.29, 1.82) is 0 Å². The molecule has 3 heterocycles. The average Bonchev–Trinajstić information content (AvgIpc) is 3.45. The molecule has 0 bridgehead atoms. The number of aromatic nitrogens is 1. The molecule has 0 atom stereocenters. The number of nitrogens with one attached hydrogen (secondary N) is 2. The third-order valence-corrected chi connectivity index (χ3v) is 10.8. The van der Waals surface area contributed by atoms with Gasteiger partial charge in [0.15, 0.2) is 0 Å². The molecule has 0 radical (unpaired) electrons. The second-order valence-electron chi connectivity index (χ2n) is 15.7. The Balaban J connectivity index is 0.00000480. The Kier molecular flexibility index (Phi) is 11.2. The van der Waals surface area contributed by atoms with Gasteiger partial charge >= 0.3 is 0 Å². The number of thiol groups is 1. The number of aromatic amines is 1. The number of hydrogen-bond acceptors (Lipinski definition) is 6. The molecule has 0 unspecified atom stereocenters. The fourth-order valence-electron chi connectivity index (χ4n) is 7.21. The zero-order chi connectivity index (χ0) is 32.5. The van der Waals surface area contributed by atoms with E-state index in [9.17, 15) is 19.5 Å². The third-order valence-electron chi connectivity index (χ3n) is 9.51. The van der Waals surface area contributed by atoms with E-state index in [0.717, 1.165) is 75.7 Å². The zero-order valence-corrected chi connectivity index (χ0v) is 29.4. The first kappa shape index (κ1) is 35.9. The highest BCUT2D eigenvalue weighted by Gasteiger charge is 2.33. The zero-order valence-electron chi connectivity index (χ0n) is 28.5. The molecule has 0 spiro atoms. The summed E-state index contributed by atoms with van der Waals surface area (Å²) < 4.78 is 0.122. The van der Waals surface area contributed by atoms with Crippen molar-refractivity contribution in [1.82, 2.24) is 15.2 Å². The summed E-state index contributed by atoms with van der Waals surface area (Å²) in [6, 6.07) is 3.95. The van der Waals surface area contributed by atoms with Crippen LogP contribution in [0.2, 0.25) is 0 Å². The largest absolute Gasteiger partial charge is 0.870 e. The molecule has 254 valence electrons. The molecule has 4 N–H and O–H groups in total. The molecule has 46 heavy (non-hydrogen) atoms. The van der Waals surface area contributed by atoms with Crippen molar-refractivity contribution in [3.05, 3.63) is 29.8 Å². The van der Waals surface area contributed by atoms with Crippen LogP contribution in [0.4, 0.5) is 5.69 Å². The first-order valence-electron chi connectivity index (χ1n) is 16.8. The monoisotopic (exact) mass is 654 g/mol. The maximum atomic E-state index is 12.9. The number of benzene rings is 1. The Labute approximate surface area is 278 Å². The molecular weight excluding hydrogens is 600 g/mol. The Hall–Kier alpha value is -2.98. The summed E-state index contributed by atoms with van der Waals surface area (Å²) in [5.41, 5.74) is 3.49. The third kappa shape index (κ3) is 8.68. The number of imide groups is 1. The second-order valence-corrected chi connectivity index (χ2v) is 17.7. The number of aromatic hydroxyl groups is 1. The number of phenols is 1. The Morgan fingerprint density at radius 3 is 2.17 bits per heavy atom. The first-order valence-corrected chi connectivity index (χ1v) is 17.7. The van der Waals surface area contributed by atoms with Crippen molar-refractivity contribution < 1.29 is 25.0 Å². The molecule has 10 heteroatoms. The Morgan fingerprint density at radius 1 is 0.957 bits per heavy atom. The van der Waals surface area contributed by atoms with E-state index in [1.807, 2.05) is 6.07 Å². The minimum atomic E-state index is -0.223. The lowest BCUT2D eigenvalue weighted by molar-refractivity contribution is -0.138. The van der Waals surface area contributed by atoms with Crippen molar-refractivity contribution in [3.63, 3.8) is 0 Å². The highest BCUT2D eigenvalue weighted by atomic mass is 32.2. The number of hydrogen-bond donors (Lipinski definition) is 3. The van der Waals surface area contributed by atoms with Crippen LogP contribution in [0.15, 0.2) is 29.3 Å². The molecule has 2 aromatic rings. The van der Waals surface area contributed by atoms with Gasteiger partial charge in [0.05, 0.1) is 5.52 Å². The van der Waals surface area contributed by atoms with Crippen LogP contribution >= 0.6 is 0 Å². The molecule has 1 aliphatic carbocycles. The van der Waals surface area contributed by atoms with E-state index in [2.05, 4.69) is 62.8 Å². The van der Waals surface area contributed by atoms with Gasteiger partial charge in [-0.05, 0) is 102 Å². The van der Waals surface area contributed by atoms with Crippen LogP contribution in [0.3, 0.4) is 0 Å². The number of nitrogens with zero attached hydrogens (tertiary/aromatic N) is 2. The van der Waals surface area contributed by atoms with E-state index in [1.54, 1.807) is 0 Å². The normalized spacial score (nSPS) is 21.3. The molecule has 9 nitrogen and oxygen atoms in total. The fourth-order valence-corrected chi connectivity index (χ4v) is 8.38. The van der Waals surface area contributed by atoms with Gasteiger partial charge in [0.2, 0.25) is 10.9 Å². The summed E-state index contributed by atoms with van der Waals surface area (Å²) in [4.78, 5) is 44.1. The average molecular weight is 655 g/mol. The minimum Gasteiger partial charge on any atom is -0.870 e. The number of piperidine rings is 1. The maximum Gasteiger partial charge on any atom is 0.253 e. The molecule has 1 aromatic carbocycles. The SMILES string of the molecule is CC(C)(C)Cc1c([SH+]C(C)(C)C)[nH]c2c(N3CCC(CCNC(=O)C4CCC(CN5C(=O)C=CC5=O)CC4)CC3)c(O)ccc12.[OH-]. The Bertz CT molecular complexity index is 1420. The first-order chi connectivity index (χ1) is 21.2. The maximum absolute atomic E-state index is 12.9. The lowest BCUT2D eigenvalue weighted by Gasteiger charge is -2.34. The Morgan fingerprint density at radius 2 is 1.59 bits per heavy atom. The van der Waals surface area contributed by atoms with E-state index in [0.29, 0.717) is 24.8 Å². The summed E-state index contributed by atoms with van der Waals surface area (Å²) in [5.74, 6) is 0.858. The van der Waals surface area contributed by atoms with Gasteiger partial charge in [-0.1, -0.05) is 20.8 Å². The van der Waals surface area contributed by atoms with Gasteiger partial charge in [0.1, 0.15) is 16.2 Å². The van der Waals surface area contributed by atoms with Crippen LogP contribution in [-0.4, -0.2) is 69.1 Å². The number of phenolic OH excluding ortho intramolecular Hbond substituents is 1. The van der Waals surface area contributed by atoms with Crippen molar-refractivity contribution in [2.45, 2.75) is 103 Å². The van der Waals surface area contributed by atoms with Gasteiger partial charge in [0.25, 0.3) is 11.8 Å². The molecular formula is C36H54N4O5S. The van der Waals surface area contributed by atoms with E-state index in [4.69, 9.17) is 0 Å². The number of anilines is 1. The molecule has 1 aromatic heterocycles. The van der Waals surface area contributed by atoms with Crippen LogP contribution < -0.4 is 10.2 Å². The number of carbonyl (C=O) groups excluding carboxylic acids is 3. The fraction of sp³-hybridized carbons (Fsp3) is 0.639. The number of rotatable bonds is 9. The van der Waals surface area contributed by atoms with Gasteiger partial charge in [-0.3, -0.25) is 19.3 Å². The second kappa shape index (κ2) is 14.4. The standard InChI is InChI=1S/C36H52N4O4S.H2O/c1-35(2,3)21-27-26-11-12-28(41)32(31(26)38-34(27)45-36(4,5)6)39-19-16-23(17-20-39)15-18-37-33(44)25-9-7-24(8-10-25)22-40-29(42)13-14-30(40)43;/h11-14,23-25,38,41H,7-10,15-22H2,1-6H3,(H,37,44);1H2. The number of amides is 3. The van der Waals surface area contributed by atoms with E-state index in [-0.39, 0.29) is 45.2 Å². The van der Waals surface area contributed by atoms with Gasteiger partial charge in [-0.25, -0.2) is 0 Å². The minimum absolute atomic E-state index is 0. The van der Waals surface area contributed by atoms with Gasteiger partial charge in [-0.15, -0.1) is 0 Å². The predicted octanol–water partition coefficient (Wildman–Crippen LogP) is 5.71. The van der Waals surface area contributed by atoms with Crippen molar-refractivity contribution in [3.8, 4) is 5.75 Å². The number of H-pyrrole nitrogens is 1. The molecule has 2 aliphatic heterocycles. The predicted molar refractivity (Wildman–Crippen MR) is 186 cm³/mol. The van der Waals surface area contributed by atoms with E-state index in [1.165, 1.54) is 44.8 Å². The smallest absolute Gasteiger partial charge is 0.253 e. The molecule has 2 fully saturated rings. The summed E-state index contributed by atoms with van der Waals surface area (Å²) in [6.07, 6.45) is 10.0. The number of fused-ring (bicyclic) bond motifs is 1. The van der Waals surface area contributed by atoms with Crippen LogP contribution in [0.25, 0.3) is 10.9 Å².